The van der Waals surface area contributed by atoms with Gasteiger partial charge in [0.15, 0.2) is 11.5 Å². The van der Waals surface area contributed by atoms with E-state index in [0.29, 0.717) is 19.6 Å². The zero-order chi connectivity index (χ0) is 21.6. The number of hydrogen-bond donors (Lipinski definition) is 3. The molecule has 0 aromatic heterocycles. The van der Waals surface area contributed by atoms with Crippen molar-refractivity contribution in [3.05, 3.63) is 59.7 Å². The largest absolute Gasteiger partial charge is 0.490 e. The molecular weight excluding hydrogens is 394 g/mol. The highest BCUT2D eigenvalue weighted by Gasteiger charge is 2.28. The molecule has 3 unspecified atom stereocenters. The third-order valence-corrected chi connectivity index (χ3v) is 5.64. The van der Waals surface area contributed by atoms with Crippen LogP contribution in [0.15, 0.2) is 48.5 Å². The molecule has 4 rings (SSSR count). The van der Waals surface area contributed by atoms with Crippen molar-refractivity contribution in [1.29, 1.82) is 0 Å². The van der Waals surface area contributed by atoms with Crippen LogP contribution < -0.4 is 25.4 Å². The lowest BCUT2D eigenvalue weighted by Gasteiger charge is -2.32. The highest BCUT2D eigenvalue weighted by Crippen LogP contribution is 2.33. The van der Waals surface area contributed by atoms with Crippen LogP contribution in [0.25, 0.3) is 0 Å². The summed E-state index contributed by atoms with van der Waals surface area (Å²) in [4.78, 5) is 25.0. The predicted octanol–water partition coefficient (Wildman–Crippen LogP) is 2.98. The average molecular weight is 424 g/mol. The second-order valence-corrected chi connectivity index (χ2v) is 7.94. The van der Waals surface area contributed by atoms with E-state index in [2.05, 4.69) is 16.0 Å². The monoisotopic (exact) mass is 423 g/mol. The van der Waals surface area contributed by atoms with E-state index in [9.17, 15) is 9.59 Å². The first kappa shape index (κ1) is 21.2. The maximum Gasteiger partial charge on any atom is 0.223 e. The van der Waals surface area contributed by atoms with Gasteiger partial charge in [0.05, 0.1) is 31.8 Å². The van der Waals surface area contributed by atoms with Crippen LogP contribution in [0.1, 0.15) is 55.8 Å². The fourth-order valence-corrected chi connectivity index (χ4v) is 4.05. The van der Waals surface area contributed by atoms with Crippen molar-refractivity contribution in [2.24, 2.45) is 0 Å². The lowest BCUT2D eigenvalue weighted by molar-refractivity contribution is -0.126. The third kappa shape index (κ3) is 5.35. The summed E-state index contributed by atoms with van der Waals surface area (Å²) in [6, 6.07) is 15.4. The highest BCUT2D eigenvalue weighted by atomic mass is 16.5. The molecule has 1 fully saturated rings. The molecule has 0 bridgehead atoms. The third-order valence-electron chi connectivity index (χ3n) is 5.64. The maximum absolute atomic E-state index is 12.8. The molecule has 2 heterocycles. The number of amides is 2. The van der Waals surface area contributed by atoms with Gasteiger partial charge in [-0.3, -0.25) is 14.9 Å². The molecule has 31 heavy (non-hydrogen) atoms. The molecule has 7 nitrogen and oxygen atoms in total. The van der Waals surface area contributed by atoms with Crippen molar-refractivity contribution in [2.75, 3.05) is 13.2 Å². The van der Waals surface area contributed by atoms with Gasteiger partial charge < -0.3 is 20.1 Å². The molecule has 164 valence electrons. The van der Waals surface area contributed by atoms with Crippen molar-refractivity contribution < 1.29 is 19.1 Å². The zero-order valence-corrected chi connectivity index (χ0v) is 17.7. The number of benzene rings is 2. The Balaban J connectivity index is 1.39. The first-order valence-corrected chi connectivity index (χ1v) is 10.9. The highest BCUT2D eigenvalue weighted by molar-refractivity contribution is 5.81. The van der Waals surface area contributed by atoms with Gasteiger partial charge in [-0.15, -0.1) is 0 Å². The summed E-state index contributed by atoms with van der Waals surface area (Å²) in [5.74, 6) is 1.28. The summed E-state index contributed by atoms with van der Waals surface area (Å²) >= 11 is 0. The molecule has 0 aliphatic carbocycles. The Morgan fingerprint density at radius 1 is 1.13 bits per heavy atom. The van der Waals surface area contributed by atoms with Crippen LogP contribution in [-0.4, -0.2) is 31.2 Å². The second kappa shape index (κ2) is 9.83. The summed E-state index contributed by atoms with van der Waals surface area (Å²) in [7, 11) is 0. The molecule has 7 heteroatoms. The number of nitrogens with one attached hydrogen (secondary N) is 3. The van der Waals surface area contributed by atoms with Crippen LogP contribution in [0.3, 0.4) is 0 Å². The minimum Gasteiger partial charge on any atom is -0.490 e. The number of fused-ring (bicyclic) bond motifs is 1. The van der Waals surface area contributed by atoms with Crippen LogP contribution in [-0.2, 0) is 9.59 Å². The Labute approximate surface area is 182 Å². The lowest BCUT2D eigenvalue weighted by Crippen LogP contribution is -2.54. The van der Waals surface area contributed by atoms with E-state index in [-0.39, 0.29) is 30.3 Å². The minimum atomic E-state index is -0.409. The summed E-state index contributed by atoms with van der Waals surface area (Å²) in [6.07, 6.45) is 1.70. The molecule has 0 radical (unpaired) electrons. The Hall–Kier alpha value is -3.06. The van der Waals surface area contributed by atoms with E-state index < -0.39 is 6.17 Å². The number of carbonyl (C=O) groups is 2. The van der Waals surface area contributed by atoms with E-state index in [0.717, 1.165) is 35.5 Å². The van der Waals surface area contributed by atoms with Gasteiger partial charge in [0, 0.05) is 18.9 Å². The minimum absolute atomic E-state index is 0.0552. The zero-order valence-electron chi connectivity index (χ0n) is 17.7. The molecule has 3 N–H and O–H groups in total. The van der Waals surface area contributed by atoms with Crippen molar-refractivity contribution in [3.8, 4) is 11.5 Å². The molecule has 2 aliphatic rings. The van der Waals surface area contributed by atoms with Gasteiger partial charge in [-0.1, -0.05) is 43.3 Å². The molecule has 2 amide bonds. The molecular formula is C24H29N3O4. The van der Waals surface area contributed by atoms with E-state index >= 15 is 0 Å². The van der Waals surface area contributed by atoms with Crippen LogP contribution in [0.5, 0.6) is 11.5 Å². The normalized spacial score (nSPS) is 21.5. The van der Waals surface area contributed by atoms with Gasteiger partial charge in [-0.05, 0) is 29.7 Å². The van der Waals surface area contributed by atoms with Gasteiger partial charge in [0.1, 0.15) is 0 Å². The summed E-state index contributed by atoms with van der Waals surface area (Å²) in [5, 5.41) is 9.35. The predicted molar refractivity (Wildman–Crippen MR) is 117 cm³/mol. The lowest BCUT2D eigenvalue weighted by atomic mass is 10.00. The molecule has 3 atom stereocenters. The van der Waals surface area contributed by atoms with E-state index in [1.165, 1.54) is 0 Å². The number of rotatable bonds is 6. The topological polar surface area (TPSA) is 88.7 Å². The van der Waals surface area contributed by atoms with E-state index in [1.807, 2.05) is 55.5 Å². The Morgan fingerprint density at radius 3 is 2.68 bits per heavy atom. The van der Waals surface area contributed by atoms with Crippen LogP contribution in [0.2, 0.25) is 0 Å². The maximum atomic E-state index is 12.8. The quantitative estimate of drug-likeness (QED) is 0.665. The summed E-state index contributed by atoms with van der Waals surface area (Å²) < 4.78 is 11.5. The SMILES string of the molecule is CCC(NC(=O)CC1NC(=O)CC(c2ccccc2)N1)c1ccc2c(c1)OCCCO2. The average Bonchev–Trinajstić information content (AvgIpc) is 3.02. The molecule has 0 spiro atoms. The van der Waals surface area contributed by atoms with Crippen LogP contribution >= 0.6 is 0 Å². The van der Waals surface area contributed by atoms with E-state index in [4.69, 9.17) is 9.47 Å². The van der Waals surface area contributed by atoms with Crippen LogP contribution in [0, 0.1) is 0 Å². The smallest absolute Gasteiger partial charge is 0.223 e. The standard InChI is InChI=1S/C24H29N3O4/c1-2-18(17-9-10-20-21(13-17)31-12-6-11-30-20)26-24(29)15-22-25-19(14-23(28)27-22)16-7-4-3-5-8-16/h3-5,7-10,13,18-19,22,25H,2,6,11-12,14-15H2,1H3,(H,26,29)(H,27,28). The van der Waals surface area contributed by atoms with Crippen LogP contribution in [0.4, 0.5) is 0 Å². The second-order valence-electron chi connectivity index (χ2n) is 7.94. The molecule has 2 aromatic rings. The van der Waals surface area contributed by atoms with E-state index in [1.54, 1.807) is 0 Å². The molecule has 1 saturated heterocycles. The van der Waals surface area contributed by atoms with Gasteiger partial charge in [-0.2, -0.15) is 0 Å². The van der Waals surface area contributed by atoms with Crippen molar-refractivity contribution in [1.82, 2.24) is 16.0 Å². The van der Waals surface area contributed by atoms with Gasteiger partial charge in [0.25, 0.3) is 0 Å². The molecule has 0 saturated carbocycles. The summed E-state index contributed by atoms with van der Waals surface area (Å²) in [5.41, 5.74) is 2.02. The van der Waals surface area contributed by atoms with Gasteiger partial charge >= 0.3 is 0 Å². The van der Waals surface area contributed by atoms with Gasteiger partial charge in [0.2, 0.25) is 11.8 Å². The fourth-order valence-electron chi connectivity index (χ4n) is 4.05. The molecule has 2 aromatic carbocycles. The van der Waals surface area contributed by atoms with Gasteiger partial charge in [-0.25, -0.2) is 0 Å². The first-order valence-electron chi connectivity index (χ1n) is 10.9. The molecule has 2 aliphatic heterocycles. The Bertz CT molecular complexity index is 918. The Morgan fingerprint density at radius 2 is 1.90 bits per heavy atom. The van der Waals surface area contributed by atoms with Crippen molar-refractivity contribution in [3.63, 3.8) is 0 Å². The number of hydrogen-bond acceptors (Lipinski definition) is 5. The Kier molecular flexibility index (Phi) is 6.72. The summed E-state index contributed by atoms with van der Waals surface area (Å²) in [6.45, 7) is 3.29. The van der Waals surface area contributed by atoms with Crippen molar-refractivity contribution in [2.45, 2.75) is 50.9 Å². The van der Waals surface area contributed by atoms with Crippen molar-refractivity contribution >= 4 is 11.8 Å². The fraction of sp³-hybridized carbons (Fsp3) is 0.417. The number of ether oxygens (including phenoxy) is 2. The number of carbonyl (C=O) groups excluding carboxylic acids is 2. The first-order chi connectivity index (χ1) is 15.1.